The van der Waals surface area contributed by atoms with Crippen LogP contribution < -0.4 is 24.0 Å². The van der Waals surface area contributed by atoms with Crippen molar-refractivity contribution < 1.29 is 24.0 Å². The summed E-state index contributed by atoms with van der Waals surface area (Å²) in [5, 5.41) is 15.2. The first-order chi connectivity index (χ1) is 6.98. The summed E-state index contributed by atoms with van der Waals surface area (Å²) >= 11 is 0. The van der Waals surface area contributed by atoms with E-state index in [2.05, 4.69) is 53.1 Å². The van der Waals surface area contributed by atoms with Crippen molar-refractivity contribution in [3.05, 3.63) is 21.5 Å². The molecule has 0 saturated heterocycles. The molecule has 0 amide bonds. The molecule has 4 heteroatoms. The molecule has 0 aliphatic heterocycles. The molecule has 1 rings (SSSR count). The van der Waals surface area contributed by atoms with Crippen molar-refractivity contribution in [3.8, 4) is 0 Å². The van der Waals surface area contributed by atoms with Crippen LogP contribution in [0.2, 0.25) is 39.3 Å². The zero-order valence-corrected chi connectivity index (χ0v) is 15.0. The van der Waals surface area contributed by atoms with Gasteiger partial charge >= 0.3 is 18.9 Å². The fourth-order valence-electron chi connectivity index (χ4n) is 2.85. The maximum atomic E-state index is 12.7. The first-order valence-electron chi connectivity index (χ1n) is 6.06. The maximum absolute atomic E-state index is 12.7. The van der Waals surface area contributed by atoms with Gasteiger partial charge in [-0.1, -0.05) is 66.9 Å². The zero-order valence-electron chi connectivity index (χ0n) is 13.0. The van der Waals surface area contributed by atoms with E-state index in [9.17, 15) is 5.11 Å². The number of allylic oxidation sites excluding steroid dienone is 2. The molecule has 17 heavy (non-hydrogen) atoms. The molecule has 0 unspecified atom stereocenters. The third-order valence-electron chi connectivity index (χ3n) is 3.51. The molecule has 0 aromatic rings. The molecule has 0 atom stereocenters. The van der Waals surface area contributed by atoms with Crippen LogP contribution in [0.1, 0.15) is 13.8 Å². The Morgan fingerprint density at radius 3 is 1.12 bits per heavy atom. The Balaban J connectivity index is 0.00000256. The van der Waals surface area contributed by atoms with Gasteiger partial charge in [-0.25, -0.2) is 0 Å². The maximum Gasteiger partial charge on any atom is 1.00 e. The summed E-state index contributed by atoms with van der Waals surface area (Å²) < 4.78 is 0. The van der Waals surface area contributed by atoms with Gasteiger partial charge in [0.1, 0.15) is 0 Å². The monoisotopic (exact) mass is 260 g/mol. The van der Waals surface area contributed by atoms with Crippen LogP contribution in [0.15, 0.2) is 21.5 Å². The van der Waals surface area contributed by atoms with Gasteiger partial charge in [-0.3, -0.25) is 0 Å². The summed E-state index contributed by atoms with van der Waals surface area (Å²) in [4.78, 5) is 0. The summed E-state index contributed by atoms with van der Waals surface area (Å²) in [7, 11) is -2.93. The molecule has 1 nitrogen and oxygen atoms in total. The molecule has 0 heterocycles. The van der Waals surface area contributed by atoms with E-state index in [-0.39, 0.29) is 18.9 Å². The Bertz CT molecular complexity index is 334. The van der Waals surface area contributed by atoms with Crippen molar-refractivity contribution in [2.24, 2.45) is 0 Å². The van der Waals surface area contributed by atoms with Crippen molar-refractivity contribution in [1.82, 2.24) is 0 Å². The Morgan fingerprint density at radius 1 is 0.765 bits per heavy atom. The molecule has 92 valence electrons. The fraction of sp³-hybridized carbons (Fsp3) is 0.692. The van der Waals surface area contributed by atoms with E-state index >= 15 is 0 Å². The van der Waals surface area contributed by atoms with E-state index in [0.717, 1.165) is 0 Å². The quantitative estimate of drug-likeness (QED) is 0.647. The minimum atomic E-state index is -1.47. The predicted octanol–water partition coefficient (Wildman–Crippen LogP) is 0.121. The first kappa shape index (κ1) is 17.5. The second-order valence-corrected chi connectivity index (χ2v) is 17.0. The molecule has 0 bridgehead atoms. The molecule has 0 spiro atoms. The van der Waals surface area contributed by atoms with Crippen LogP contribution in [-0.2, 0) is 0 Å². The van der Waals surface area contributed by atoms with Gasteiger partial charge in [-0.15, -0.1) is 0 Å². The third-order valence-corrected chi connectivity index (χ3v) is 8.02. The van der Waals surface area contributed by atoms with E-state index in [0.29, 0.717) is 0 Å². The van der Waals surface area contributed by atoms with E-state index in [1.165, 1.54) is 21.5 Å². The summed E-state index contributed by atoms with van der Waals surface area (Å²) in [6.07, 6.45) is -0.515. The van der Waals surface area contributed by atoms with Gasteiger partial charge in [0.05, 0.1) is 16.1 Å². The van der Waals surface area contributed by atoms with Gasteiger partial charge < -0.3 is 5.11 Å². The summed E-state index contributed by atoms with van der Waals surface area (Å²) in [5.41, 5.74) is 2.63. The fourth-order valence-corrected chi connectivity index (χ4v) is 7.48. The molecule has 0 radical (unpaired) electrons. The molecule has 0 aromatic carbocycles. The van der Waals surface area contributed by atoms with Crippen LogP contribution in [0.25, 0.3) is 0 Å². The Kier molecular flexibility index (Phi) is 5.37. The topological polar surface area (TPSA) is 23.1 Å². The first-order valence-corrected chi connectivity index (χ1v) is 13.1. The Hall–Kier alpha value is 0.471. The minimum absolute atomic E-state index is 0. The van der Waals surface area contributed by atoms with E-state index in [4.69, 9.17) is 0 Å². The van der Waals surface area contributed by atoms with Crippen LogP contribution >= 0.6 is 0 Å². The summed E-state index contributed by atoms with van der Waals surface area (Å²) in [6, 6.07) is 0. The predicted molar refractivity (Wildman–Crippen MR) is 75.9 cm³/mol. The van der Waals surface area contributed by atoms with Gasteiger partial charge in [-0.05, 0) is 13.8 Å². The van der Waals surface area contributed by atoms with Gasteiger partial charge in [-0.2, -0.15) is 0 Å². The molecule has 1 aliphatic carbocycles. The largest absolute Gasteiger partial charge is 1.00 e. The standard InChI is InChI=1S/C13H25OSi2.Li/c1-9-10(2)13(16(6,7)8)11(14)12(9)15(3,4)5;/h11H,1-8H3;/q-1;+1. The van der Waals surface area contributed by atoms with Crippen LogP contribution in [-0.4, -0.2) is 22.3 Å². The smallest absolute Gasteiger partial charge is 0.846 e. The molecule has 0 fully saturated rings. The number of hydrogen-bond donors (Lipinski definition) is 0. The number of hydrogen-bond acceptors (Lipinski definition) is 1. The number of rotatable bonds is 2. The summed E-state index contributed by atoms with van der Waals surface area (Å²) in [5.74, 6) is 0. The normalized spacial score (nSPS) is 18.9. The van der Waals surface area contributed by atoms with Gasteiger partial charge in [0.25, 0.3) is 0 Å². The Labute approximate surface area is 121 Å². The van der Waals surface area contributed by atoms with Crippen LogP contribution in [0.4, 0.5) is 0 Å². The summed E-state index contributed by atoms with van der Waals surface area (Å²) in [6.45, 7) is 18.0. The van der Waals surface area contributed by atoms with Crippen LogP contribution in [0.3, 0.4) is 0 Å². The second kappa shape index (κ2) is 5.22. The molecule has 1 aliphatic rings. The molecular formula is C13H25LiOSi2. The average Bonchev–Trinajstić information content (AvgIpc) is 2.19. The van der Waals surface area contributed by atoms with Crippen LogP contribution in [0.5, 0.6) is 0 Å². The SMILES string of the molecule is CC1=C([Si](C)(C)C)C([O-])C([Si](C)(C)C)=C1C.[Li+]. The van der Waals surface area contributed by atoms with Crippen molar-refractivity contribution in [2.45, 2.75) is 59.2 Å². The van der Waals surface area contributed by atoms with Gasteiger partial charge in [0.2, 0.25) is 0 Å². The zero-order chi connectivity index (χ0) is 12.9. The molecule has 0 aromatic heterocycles. The molecule has 0 saturated carbocycles. The Morgan fingerprint density at radius 2 is 1.00 bits per heavy atom. The van der Waals surface area contributed by atoms with E-state index in [1.807, 2.05) is 0 Å². The van der Waals surface area contributed by atoms with Crippen LogP contribution in [0, 0.1) is 0 Å². The minimum Gasteiger partial charge on any atom is -0.846 e. The van der Waals surface area contributed by atoms with Crippen molar-refractivity contribution >= 4 is 16.1 Å². The van der Waals surface area contributed by atoms with Crippen molar-refractivity contribution in [2.75, 3.05) is 0 Å². The molecular weight excluding hydrogens is 235 g/mol. The van der Waals surface area contributed by atoms with Crippen molar-refractivity contribution in [1.29, 1.82) is 0 Å². The van der Waals surface area contributed by atoms with Gasteiger partial charge in [0.15, 0.2) is 0 Å². The third kappa shape index (κ3) is 3.27. The molecule has 0 N–H and O–H groups in total. The van der Waals surface area contributed by atoms with Gasteiger partial charge in [0, 0.05) is 0 Å². The second-order valence-electron chi connectivity index (χ2n) is 6.96. The van der Waals surface area contributed by atoms with E-state index < -0.39 is 22.3 Å². The van der Waals surface area contributed by atoms with Crippen molar-refractivity contribution in [3.63, 3.8) is 0 Å². The van der Waals surface area contributed by atoms with E-state index in [1.54, 1.807) is 0 Å². The average molecular weight is 260 g/mol.